The standard InChI is InChI=1S/C18H19ClN2O4S/c1-24-13-6-4-11(5-7-13)9-25-18(23)15-12(3-2-8-19)10-26-17-14(20)16(22)21(15)17/h2-7,14,17H,8-10,20H2,1H3/b3-2+/t14-,17-/m1/s1. The van der Waals surface area contributed by atoms with E-state index in [1.165, 1.54) is 16.7 Å². The molecular formula is C18H19ClN2O4S. The van der Waals surface area contributed by atoms with Crippen LogP contribution in [0, 0.1) is 0 Å². The van der Waals surface area contributed by atoms with Crippen LogP contribution < -0.4 is 10.5 Å². The molecule has 0 aliphatic carbocycles. The third kappa shape index (κ3) is 3.60. The van der Waals surface area contributed by atoms with Gasteiger partial charge in [0.15, 0.2) is 0 Å². The van der Waals surface area contributed by atoms with Gasteiger partial charge in [0.1, 0.15) is 29.5 Å². The van der Waals surface area contributed by atoms with E-state index >= 15 is 0 Å². The lowest BCUT2D eigenvalue weighted by Gasteiger charge is -2.48. The van der Waals surface area contributed by atoms with Gasteiger partial charge in [0.2, 0.25) is 5.91 Å². The van der Waals surface area contributed by atoms with Crippen LogP contribution in [0.25, 0.3) is 0 Å². The van der Waals surface area contributed by atoms with E-state index in [1.54, 1.807) is 31.4 Å². The Hall–Kier alpha value is -1.96. The van der Waals surface area contributed by atoms with Crippen molar-refractivity contribution in [2.75, 3.05) is 18.7 Å². The zero-order valence-electron chi connectivity index (χ0n) is 14.2. The second-order valence-electron chi connectivity index (χ2n) is 5.79. The van der Waals surface area contributed by atoms with Crippen molar-refractivity contribution in [2.45, 2.75) is 18.0 Å². The monoisotopic (exact) mass is 394 g/mol. The molecule has 8 heteroatoms. The van der Waals surface area contributed by atoms with Gasteiger partial charge < -0.3 is 15.2 Å². The molecule has 1 saturated heterocycles. The van der Waals surface area contributed by atoms with Crippen molar-refractivity contribution >= 4 is 35.2 Å². The Kier molecular flexibility index (Phi) is 5.90. The number of allylic oxidation sites excluding steroid dienone is 2. The number of carbonyl (C=O) groups is 2. The molecule has 0 saturated carbocycles. The fraction of sp³-hybridized carbons (Fsp3) is 0.333. The number of halogens is 1. The first kappa shape index (κ1) is 18.8. The molecule has 6 nitrogen and oxygen atoms in total. The van der Waals surface area contributed by atoms with E-state index in [2.05, 4.69) is 0 Å². The number of amides is 1. The van der Waals surface area contributed by atoms with E-state index in [9.17, 15) is 9.59 Å². The molecule has 2 aliphatic rings. The van der Waals surface area contributed by atoms with Crippen molar-refractivity contribution < 1.29 is 19.1 Å². The molecule has 26 heavy (non-hydrogen) atoms. The minimum Gasteiger partial charge on any atom is -0.497 e. The Morgan fingerprint density at radius 1 is 1.42 bits per heavy atom. The maximum absolute atomic E-state index is 12.7. The molecule has 2 N–H and O–H groups in total. The number of nitrogens with zero attached hydrogens (tertiary/aromatic N) is 1. The lowest BCUT2D eigenvalue weighted by atomic mass is 10.0. The molecule has 2 atom stereocenters. The van der Waals surface area contributed by atoms with Crippen LogP contribution in [0.1, 0.15) is 5.56 Å². The van der Waals surface area contributed by atoms with E-state index in [0.717, 1.165) is 11.3 Å². The van der Waals surface area contributed by atoms with Gasteiger partial charge >= 0.3 is 5.97 Å². The lowest BCUT2D eigenvalue weighted by Crippen LogP contribution is -2.68. The molecule has 0 spiro atoms. The zero-order valence-corrected chi connectivity index (χ0v) is 15.8. The summed E-state index contributed by atoms with van der Waals surface area (Å²) in [7, 11) is 1.59. The Morgan fingerprint density at radius 3 is 2.81 bits per heavy atom. The molecule has 1 fully saturated rings. The van der Waals surface area contributed by atoms with E-state index in [-0.39, 0.29) is 23.6 Å². The normalized spacial score (nSPS) is 22.3. The number of thioether (sulfide) groups is 1. The fourth-order valence-electron chi connectivity index (χ4n) is 2.78. The number of hydrogen-bond acceptors (Lipinski definition) is 6. The van der Waals surface area contributed by atoms with Crippen LogP contribution >= 0.6 is 23.4 Å². The summed E-state index contributed by atoms with van der Waals surface area (Å²) in [6, 6.07) is 6.64. The van der Waals surface area contributed by atoms with Gasteiger partial charge in [0.05, 0.1) is 7.11 Å². The topological polar surface area (TPSA) is 81.9 Å². The van der Waals surface area contributed by atoms with Crippen LogP contribution in [0.4, 0.5) is 0 Å². The van der Waals surface area contributed by atoms with Crippen molar-refractivity contribution in [3.05, 3.63) is 53.3 Å². The Labute approximate surface area is 160 Å². The molecule has 0 bridgehead atoms. The predicted molar refractivity (Wildman–Crippen MR) is 101 cm³/mol. The Morgan fingerprint density at radius 2 is 2.15 bits per heavy atom. The number of rotatable bonds is 6. The van der Waals surface area contributed by atoms with E-state index in [0.29, 0.717) is 17.2 Å². The molecule has 2 heterocycles. The number of ether oxygens (including phenoxy) is 2. The lowest BCUT2D eigenvalue weighted by molar-refractivity contribution is -0.151. The average molecular weight is 395 g/mol. The molecule has 0 unspecified atom stereocenters. The van der Waals surface area contributed by atoms with E-state index in [4.69, 9.17) is 26.8 Å². The number of nitrogens with two attached hydrogens (primary N) is 1. The smallest absolute Gasteiger partial charge is 0.355 e. The second-order valence-corrected chi connectivity index (χ2v) is 7.20. The SMILES string of the molecule is COc1ccc(COC(=O)C2=C(/C=C/CCl)CS[C@@H]3[C@H](N)C(=O)N23)cc1. The highest BCUT2D eigenvalue weighted by atomic mass is 35.5. The van der Waals surface area contributed by atoms with Crippen LogP contribution in [0.2, 0.25) is 0 Å². The van der Waals surface area contributed by atoms with Gasteiger partial charge in [0, 0.05) is 11.6 Å². The van der Waals surface area contributed by atoms with E-state index in [1.807, 2.05) is 12.1 Å². The minimum absolute atomic E-state index is 0.102. The first-order chi connectivity index (χ1) is 12.6. The number of hydrogen-bond donors (Lipinski definition) is 1. The Balaban J connectivity index is 1.77. The van der Waals surface area contributed by atoms with Gasteiger partial charge in [-0.05, 0) is 23.3 Å². The van der Waals surface area contributed by atoms with Crippen LogP contribution in [-0.2, 0) is 20.9 Å². The summed E-state index contributed by atoms with van der Waals surface area (Å²) in [6.07, 6.45) is 3.50. The summed E-state index contributed by atoms with van der Waals surface area (Å²) in [5.41, 5.74) is 7.64. The van der Waals surface area contributed by atoms with Crippen molar-refractivity contribution in [2.24, 2.45) is 5.73 Å². The summed E-state index contributed by atoms with van der Waals surface area (Å²) in [5, 5.41) is -0.223. The molecule has 1 aromatic carbocycles. The minimum atomic E-state index is -0.581. The molecule has 3 rings (SSSR count). The molecular weight excluding hydrogens is 376 g/mol. The van der Waals surface area contributed by atoms with Gasteiger partial charge in [-0.3, -0.25) is 9.69 Å². The number of β-lactam (4-membered cyclic amide) rings is 1. The summed E-state index contributed by atoms with van der Waals surface area (Å²) in [4.78, 5) is 26.3. The summed E-state index contributed by atoms with van der Waals surface area (Å²) in [6.45, 7) is 0.102. The number of fused-ring (bicyclic) bond motifs is 1. The van der Waals surface area contributed by atoms with Crippen LogP contribution in [-0.4, -0.2) is 46.9 Å². The van der Waals surface area contributed by atoms with Gasteiger partial charge in [0.25, 0.3) is 0 Å². The third-order valence-electron chi connectivity index (χ3n) is 4.17. The quantitative estimate of drug-likeness (QED) is 0.451. The molecule has 1 aromatic rings. The highest BCUT2D eigenvalue weighted by molar-refractivity contribution is 8.00. The maximum atomic E-state index is 12.7. The van der Waals surface area contributed by atoms with Crippen molar-refractivity contribution in [1.29, 1.82) is 0 Å². The highest BCUT2D eigenvalue weighted by Crippen LogP contribution is 2.40. The van der Waals surface area contributed by atoms with Gasteiger partial charge in [-0.15, -0.1) is 23.4 Å². The van der Waals surface area contributed by atoms with Crippen molar-refractivity contribution in [1.82, 2.24) is 4.90 Å². The van der Waals surface area contributed by atoms with Crippen molar-refractivity contribution in [3.63, 3.8) is 0 Å². The van der Waals surface area contributed by atoms with E-state index < -0.39 is 12.0 Å². The molecule has 0 aromatic heterocycles. The predicted octanol–water partition coefficient (Wildman–Crippen LogP) is 2.03. The fourth-order valence-corrected chi connectivity index (χ4v) is 4.14. The average Bonchev–Trinajstić information content (AvgIpc) is 2.69. The maximum Gasteiger partial charge on any atom is 0.355 e. The summed E-state index contributed by atoms with van der Waals surface area (Å²) in [5.74, 6) is 0.807. The number of carbonyl (C=O) groups excluding carboxylic acids is 2. The van der Waals surface area contributed by atoms with Crippen LogP contribution in [0.3, 0.4) is 0 Å². The Bertz CT molecular complexity index is 763. The number of methoxy groups -OCH3 is 1. The molecule has 138 valence electrons. The van der Waals surface area contributed by atoms with Crippen LogP contribution in [0.5, 0.6) is 5.75 Å². The first-order valence-corrected chi connectivity index (χ1v) is 9.61. The molecule has 2 aliphatic heterocycles. The second kappa shape index (κ2) is 8.16. The molecule has 1 amide bonds. The summed E-state index contributed by atoms with van der Waals surface area (Å²) < 4.78 is 10.5. The van der Waals surface area contributed by atoms with Gasteiger partial charge in [-0.25, -0.2) is 4.79 Å². The largest absolute Gasteiger partial charge is 0.497 e. The van der Waals surface area contributed by atoms with Crippen LogP contribution in [0.15, 0.2) is 47.7 Å². The number of benzene rings is 1. The number of esters is 1. The highest BCUT2D eigenvalue weighted by Gasteiger charge is 2.51. The van der Waals surface area contributed by atoms with Gasteiger partial charge in [-0.1, -0.05) is 24.3 Å². The number of alkyl halides is 1. The summed E-state index contributed by atoms with van der Waals surface area (Å²) >= 11 is 7.23. The third-order valence-corrected chi connectivity index (χ3v) is 5.67. The first-order valence-electron chi connectivity index (χ1n) is 8.02. The zero-order chi connectivity index (χ0) is 18.7. The molecule has 0 radical (unpaired) electrons. The van der Waals surface area contributed by atoms with Crippen molar-refractivity contribution in [3.8, 4) is 5.75 Å². The van der Waals surface area contributed by atoms with Gasteiger partial charge in [-0.2, -0.15) is 0 Å².